The number of rotatable bonds is 5. The number of nitrogens with one attached hydrogen (secondary N) is 2. The molecule has 180 valence electrons. The third-order valence-electron chi connectivity index (χ3n) is 6.64. The molecule has 0 unspecified atom stereocenters. The van der Waals surface area contributed by atoms with Gasteiger partial charge in [0, 0.05) is 49.1 Å². The van der Waals surface area contributed by atoms with Gasteiger partial charge in [0.15, 0.2) is 0 Å². The lowest BCUT2D eigenvalue weighted by atomic mass is 9.83. The van der Waals surface area contributed by atoms with E-state index in [2.05, 4.69) is 15.5 Å². The SMILES string of the molecule is COc1cccc(NC(=O)Nc2cc(C(=O)O)ccc2N2C[C@H]3C[C@@H](C2)c2cccc(=O)n2C3)c1. The second kappa shape index (κ2) is 9.17. The Morgan fingerprint density at radius 1 is 1.00 bits per heavy atom. The summed E-state index contributed by atoms with van der Waals surface area (Å²) in [6.07, 6.45) is 0.992. The normalized spacial score (nSPS) is 18.4. The van der Waals surface area contributed by atoms with Gasteiger partial charge in [-0.3, -0.25) is 4.79 Å². The van der Waals surface area contributed by atoms with Gasteiger partial charge in [-0.1, -0.05) is 12.1 Å². The third-order valence-corrected chi connectivity index (χ3v) is 6.64. The number of nitrogens with zero attached hydrogens (tertiary/aromatic N) is 2. The lowest BCUT2D eigenvalue weighted by molar-refractivity contribution is 0.0697. The van der Waals surface area contributed by atoms with Crippen LogP contribution >= 0.6 is 0 Å². The molecule has 2 aliphatic heterocycles. The second-order valence-electron chi connectivity index (χ2n) is 8.95. The minimum absolute atomic E-state index is 0.0213. The molecule has 35 heavy (non-hydrogen) atoms. The number of hydrogen-bond donors (Lipinski definition) is 3. The van der Waals surface area contributed by atoms with E-state index in [1.807, 2.05) is 10.6 Å². The summed E-state index contributed by atoms with van der Waals surface area (Å²) in [4.78, 5) is 39.0. The summed E-state index contributed by atoms with van der Waals surface area (Å²) in [6, 6.07) is 16.6. The van der Waals surface area contributed by atoms with Crippen molar-refractivity contribution in [1.82, 2.24) is 4.57 Å². The minimum Gasteiger partial charge on any atom is -0.497 e. The van der Waals surface area contributed by atoms with E-state index in [0.29, 0.717) is 36.8 Å². The summed E-state index contributed by atoms with van der Waals surface area (Å²) in [5.41, 5.74) is 2.83. The number of carbonyl (C=O) groups excluding carboxylic acids is 1. The monoisotopic (exact) mass is 474 g/mol. The molecule has 3 heterocycles. The number of urea groups is 1. The molecule has 2 aliphatic rings. The molecule has 2 bridgehead atoms. The van der Waals surface area contributed by atoms with Gasteiger partial charge in [-0.15, -0.1) is 0 Å². The Bertz CT molecular complexity index is 1350. The topological polar surface area (TPSA) is 113 Å². The summed E-state index contributed by atoms with van der Waals surface area (Å²) in [6.45, 7) is 2.02. The number of fused-ring (bicyclic) bond motifs is 4. The van der Waals surface area contributed by atoms with Crippen molar-refractivity contribution in [2.45, 2.75) is 18.9 Å². The largest absolute Gasteiger partial charge is 0.497 e. The zero-order valence-corrected chi connectivity index (χ0v) is 19.2. The Hall–Kier alpha value is -4.27. The predicted molar refractivity (Wildman–Crippen MR) is 133 cm³/mol. The number of piperidine rings is 1. The number of carboxylic acid groups (broad SMARTS) is 1. The molecule has 5 rings (SSSR count). The Labute approximate surface area is 201 Å². The van der Waals surface area contributed by atoms with E-state index in [-0.39, 0.29) is 23.0 Å². The zero-order chi connectivity index (χ0) is 24.5. The van der Waals surface area contributed by atoms with Crippen molar-refractivity contribution in [1.29, 1.82) is 0 Å². The summed E-state index contributed by atoms with van der Waals surface area (Å²) < 4.78 is 7.06. The van der Waals surface area contributed by atoms with E-state index in [0.717, 1.165) is 17.8 Å². The first-order chi connectivity index (χ1) is 16.9. The maximum absolute atomic E-state index is 12.8. The molecular formula is C26H26N4O5. The smallest absolute Gasteiger partial charge is 0.335 e. The highest BCUT2D eigenvalue weighted by molar-refractivity contribution is 6.03. The molecule has 0 radical (unpaired) electrons. The molecule has 0 saturated carbocycles. The molecule has 2 atom stereocenters. The van der Waals surface area contributed by atoms with Crippen LogP contribution in [-0.2, 0) is 6.54 Å². The number of aromatic nitrogens is 1. The van der Waals surface area contributed by atoms with Gasteiger partial charge in [-0.05, 0) is 48.7 Å². The molecule has 1 fully saturated rings. The summed E-state index contributed by atoms with van der Waals surface area (Å²) in [5.74, 6) is -0.0137. The van der Waals surface area contributed by atoms with Crippen molar-refractivity contribution < 1.29 is 19.4 Å². The lowest BCUT2D eigenvalue weighted by Gasteiger charge is -2.44. The molecule has 9 nitrogen and oxygen atoms in total. The first-order valence-electron chi connectivity index (χ1n) is 11.5. The van der Waals surface area contributed by atoms with E-state index >= 15 is 0 Å². The van der Waals surface area contributed by atoms with Crippen LogP contribution in [0.5, 0.6) is 5.75 Å². The van der Waals surface area contributed by atoms with E-state index in [1.54, 1.807) is 55.6 Å². The number of methoxy groups -OCH3 is 1. The van der Waals surface area contributed by atoms with Crippen LogP contribution in [0.1, 0.15) is 28.4 Å². The predicted octanol–water partition coefficient (Wildman–Crippen LogP) is 3.82. The molecule has 0 spiro atoms. The number of carboxylic acids is 1. The number of amides is 2. The van der Waals surface area contributed by atoms with Crippen LogP contribution in [0, 0.1) is 5.92 Å². The van der Waals surface area contributed by atoms with Crippen LogP contribution < -0.4 is 25.8 Å². The first kappa shape index (κ1) is 22.5. The van der Waals surface area contributed by atoms with E-state index < -0.39 is 12.0 Å². The van der Waals surface area contributed by atoms with Crippen molar-refractivity contribution in [3.05, 3.63) is 82.3 Å². The minimum atomic E-state index is -1.07. The average Bonchev–Trinajstić information content (AvgIpc) is 2.84. The van der Waals surface area contributed by atoms with E-state index in [9.17, 15) is 19.5 Å². The quantitative estimate of drug-likeness (QED) is 0.518. The van der Waals surface area contributed by atoms with Crippen molar-refractivity contribution in [2.24, 2.45) is 5.92 Å². The first-order valence-corrected chi connectivity index (χ1v) is 11.5. The number of carbonyl (C=O) groups is 2. The Balaban J connectivity index is 1.42. The molecule has 3 N–H and O–H groups in total. The van der Waals surface area contributed by atoms with Crippen molar-refractivity contribution >= 4 is 29.1 Å². The fourth-order valence-electron chi connectivity index (χ4n) is 5.12. The number of ether oxygens (including phenoxy) is 1. The number of benzene rings is 2. The highest BCUT2D eigenvalue weighted by atomic mass is 16.5. The molecule has 9 heteroatoms. The maximum atomic E-state index is 12.8. The van der Waals surface area contributed by atoms with Crippen LogP contribution in [0.2, 0.25) is 0 Å². The number of hydrogen-bond acceptors (Lipinski definition) is 5. The highest BCUT2D eigenvalue weighted by Crippen LogP contribution is 2.39. The molecule has 1 saturated heterocycles. The van der Waals surface area contributed by atoms with Gasteiger partial charge in [-0.25, -0.2) is 9.59 Å². The second-order valence-corrected chi connectivity index (χ2v) is 8.95. The van der Waals surface area contributed by atoms with Gasteiger partial charge >= 0.3 is 12.0 Å². The maximum Gasteiger partial charge on any atom is 0.335 e. The van der Waals surface area contributed by atoms with Gasteiger partial charge < -0.3 is 29.9 Å². The Kier molecular flexibility index (Phi) is 5.90. The van der Waals surface area contributed by atoms with Gasteiger partial charge in [-0.2, -0.15) is 0 Å². The lowest BCUT2D eigenvalue weighted by Crippen LogP contribution is -2.47. The van der Waals surface area contributed by atoms with Crippen molar-refractivity contribution in [3.8, 4) is 5.75 Å². The molecule has 2 aromatic carbocycles. The van der Waals surface area contributed by atoms with Crippen LogP contribution in [0.25, 0.3) is 0 Å². The standard InChI is InChI=1S/C26H26N4O5/c1-35-20-5-2-4-19(12-20)27-26(34)28-21-11-17(25(32)33)8-9-23(21)29-13-16-10-18(15-29)22-6-3-7-24(31)30(22)14-16/h2-9,11-12,16,18H,10,13-15H2,1H3,(H,32,33)(H2,27,28,34)/t16-,18+/m1/s1. The molecule has 1 aromatic heterocycles. The number of pyridine rings is 1. The third kappa shape index (κ3) is 4.57. The molecule has 0 aliphatic carbocycles. The molecule has 2 amide bonds. The molecule has 3 aromatic rings. The number of aromatic carboxylic acids is 1. The van der Waals surface area contributed by atoms with Crippen LogP contribution in [0.15, 0.2) is 65.5 Å². The van der Waals surface area contributed by atoms with Crippen molar-refractivity contribution in [3.63, 3.8) is 0 Å². The Morgan fingerprint density at radius 2 is 1.83 bits per heavy atom. The van der Waals surface area contributed by atoms with Gasteiger partial charge in [0.1, 0.15) is 5.75 Å². The fourth-order valence-corrected chi connectivity index (χ4v) is 5.12. The van der Waals surface area contributed by atoms with E-state index in [4.69, 9.17) is 4.74 Å². The fraction of sp³-hybridized carbons (Fsp3) is 0.269. The number of anilines is 3. The van der Waals surface area contributed by atoms with Gasteiger partial charge in [0.25, 0.3) is 5.56 Å². The average molecular weight is 475 g/mol. The van der Waals surface area contributed by atoms with Crippen LogP contribution in [0.3, 0.4) is 0 Å². The summed E-state index contributed by atoms with van der Waals surface area (Å²) in [5, 5.41) is 15.1. The van der Waals surface area contributed by atoms with Gasteiger partial charge in [0.2, 0.25) is 0 Å². The van der Waals surface area contributed by atoms with Gasteiger partial charge in [0.05, 0.1) is 24.0 Å². The van der Waals surface area contributed by atoms with E-state index in [1.165, 1.54) is 6.07 Å². The van der Waals surface area contributed by atoms with Crippen LogP contribution in [-0.4, -0.2) is 41.9 Å². The summed E-state index contributed by atoms with van der Waals surface area (Å²) >= 11 is 0. The van der Waals surface area contributed by atoms with Crippen molar-refractivity contribution in [2.75, 3.05) is 35.7 Å². The highest BCUT2D eigenvalue weighted by Gasteiger charge is 2.35. The van der Waals surface area contributed by atoms with Crippen LogP contribution in [0.4, 0.5) is 21.9 Å². The Morgan fingerprint density at radius 3 is 2.63 bits per heavy atom. The summed E-state index contributed by atoms with van der Waals surface area (Å²) in [7, 11) is 1.55. The zero-order valence-electron chi connectivity index (χ0n) is 19.2. The molecular weight excluding hydrogens is 448 g/mol.